The second-order valence-electron chi connectivity index (χ2n) is 3.34. The summed E-state index contributed by atoms with van der Waals surface area (Å²) in [6, 6.07) is 0. The van der Waals surface area contributed by atoms with Gasteiger partial charge in [-0.05, 0) is 27.7 Å². The van der Waals surface area contributed by atoms with E-state index in [1.165, 1.54) is 13.2 Å². The van der Waals surface area contributed by atoms with E-state index in [1.54, 1.807) is 0 Å². The summed E-state index contributed by atoms with van der Waals surface area (Å²) in [6.07, 6.45) is 1.27. The molecule has 0 radical (unpaired) electrons. The molecular weight excluding hydrogens is 144 g/mol. The van der Waals surface area contributed by atoms with Crippen molar-refractivity contribution in [2.75, 3.05) is 0 Å². The van der Waals surface area contributed by atoms with Crippen LogP contribution in [0.25, 0.3) is 0 Å². The first kappa shape index (κ1) is 10.0. The van der Waals surface area contributed by atoms with Crippen molar-refractivity contribution >= 4 is 5.97 Å². The van der Waals surface area contributed by atoms with Crippen LogP contribution in [0.15, 0.2) is 11.8 Å². The summed E-state index contributed by atoms with van der Waals surface area (Å²) < 4.78 is 5.11. The summed E-state index contributed by atoms with van der Waals surface area (Å²) in [5.41, 5.74) is -0.114. The van der Waals surface area contributed by atoms with Crippen molar-refractivity contribution in [3.8, 4) is 0 Å². The van der Waals surface area contributed by atoms with E-state index < -0.39 is 5.97 Å². The smallest absolute Gasteiger partial charge is 0.334 e. The van der Waals surface area contributed by atoms with Gasteiger partial charge in [0, 0.05) is 0 Å². The number of ether oxygens (including phenoxy) is 1. The number of carboxylic acid groups (broad SMARTS) is 1. The molecule has 0 aromatic heterocycles. The van der Waals surface area contributed by atoms with Gasteiger partial charge in [-0.3, -0.25) is 0 Å². The Morgan fingerprint density at radius 2 is 1.91 bits per heavy atom. The molecule has 1 N–H and O–H groups in total. The minimum Gasteiger partial charge on any atom is -0.495 e. The quantitative estimate of drug-likeness (QED) is 0.492. The van der Waals surface area contributed by atoms with Crippen molar-refractivity contribution in [2.24, 2.45) is 0 Å². The second kappa shape index (κ2) is 3.42. The van der Waals surface area contributed by atoms with Gasteiger partial charge in [0.2, 0.25) is 0 Å². The van der Waals surface area contributed by atoms with Crippen LogP contribution in [0.2, 0.25) is 0 Å². The van der Waals surface area contributed by atoms with E-state index in [2.05, 4.69) is 0 Å². The minimum atomic E-state index is -0.950. The highest BCUT2D eigenvalue weighted by Gasteiger charge is 2.09. The van der Waals surface area contributed by atoms with Gasteiger partial charge in [-0.1, -0.05) is 0 Å². The molecule has 0 aromatic carbocycles. The van der Waals surface area contributed by atoms with Gasteiger partial charge < -0.3 is 9.84 Å². The topological polar surface area (TPSA) is 46.5 Å². The minimum absolute atomic E-state index is 0.208. The van der Waals surface area contributed by atoms with E-state index in [-0.39, 0.29) is 11.2 Å². The van der Waals surface area contributed by atoms with Crippen LogP contribution < -0.4 is 0 Å². The lowest BCUT2D eigenvalue weighted by molar-refractivity contribution is -0.132. The van der Waals surface area contributed by atoms with Gasteiger partial charge in [0.15, 0.2) is 0 Å². The Morgan fingerprint density at radius 1 is 1.45 bits per heavy atom. The zero-order valence-corrected chi connectivity index (χ0v) is 7.34. The fraction of sp³-hybridized carbons (Fsp3) is 0.625. The lowest BCUT2D eigenvalue weighted by Gasteiger charge is -2.17. The van der Waals surface area contributed by atoms with Crippen molar-refractivity contribution in [1.82, 2.24) is 0 Å². The molecule has 0 aliphatic carbocycles. The van der Waals surface area contributed by atoms with Gasteiger partial charge in [0.25, 0.3) is 0 Å². The molecule has 64 valence electrons. The van der Waals surface area contributed by atoms with Gasteiger partial charge >= 0.3 is 5.97 Å². The second-order valence-corrected chi connectivity index (χ2v) is 3.34. The first-order chi connectivity index (χ1) is 4.83. The molecule has 3 nitrogen and oxygen atoms in total. The number of carboxylic acids is 1. The molecule has 0 atom stereocenters. The number of carbonyl (C=O) groups is 1. The summed E-state index contributed by atoms with van der Waals surface area (Å²) >= 11 is 0. The summed E-state index contributed by atoms with van der Waals surface area (Å²) in [4.78, 5) is 10.3. The maximum absolute atomic E-state index is 10.3. The average Bonchev–Trinajstić information content (AvgIpc) is 1.80. The molecule has 0 bridgehead atoms. The molecule has 0 aliphatic heterocycles. The van der Waals surface area contributed by atoms with Crippen LogP contribution in [-0.2, 0) is 9.53 Å². The molecule has 0 saturated carbocycles. The summed E-state index contributed by atoms with van der Waals surface area (Å²) in [6.45, 7) is 7.07. The number of rotatable bonds is 2. The number of hydrogen-bond acceptors (Lipinski definition) is 2. The Bertz CT molecular complexity index is 174. The SMILES string of the molecule is CC(=COC(C)(C)C)C(=O)O. The molecule has 0 aliphatic rings. The third-order valence-corrected chi connectivity index (χ3v) is 0.927. The Hall–Kier alpha value is -0.990. The highest BCUT2D eigenvalue weighted by Crippen LogP contribution is 2.08. The summed E-state index contributed by atoms with van der Waals surface area (Å²) in [7, 11) is 0. The van der Waals surface area contributed by atoms with Crippen LogP contribution in [0.1, 0.15) is 27.7 Å². The maximum atomic E-state index is 10.3. The van der Waals surface area contributed by atoms with Crippen molar-refractivity contribution in [2.45, 2.75) is 33.3 Å². The molecule has 0 amide bonds. The first-order valence-electron chi connectivity index (χ1n) is 3.41. The Kier molecular flexibility index (Phi) is 3.11. The van der Waals surface area contributed by atoms with Gasteiger partial charge in [-0.2, -0.15) is 0 Å². The van der Waals surface area contributed by atoms with Gasteiger partial charge in [0.1, 0.15) is 0 Å². The molecule has 0 aromatic rings. The van der Waals surface area contributed by atoms with Gasteiger partial charge in [-0.25, -0.2) is 4.79 Å². The zero-order valence-electron chi connectivity index (χ0n) is 7.34. The molecule has 0 heterocycles. The molecule has 0 spiro atoms. The van der Waals surface area contributed by atoms with E-state index in [9.17, 15) is 4.79 Å². The standard InChI is InChI=1S/C8H14O3/c1-6(7(9)10)5-11-8(2,3)4/h5H,1-4H3,(H,9,10). The highest BCUT2D eigenvalue weighted by atomic mass is 16.5. The third kappa shape index (κ3) is 5.45. The fourth-order valence-corrected chi connectivity index (χ4v) is 0.316. The van der Waals surface area contributed by atoms with Crippen LogP contribution in [0.4, 0.5) is 0 Å². The van der Waals surface area contributed by atoms with Crippen molar-refractivity contribution in [3.05, 3.63) is 11.8 Å². The maximum Gasteiger partial charge on any atom is 0.334 e. The Balaban J connectivity index is 4.04. The predicted octanol–water partition coefficient (Wildman–Crippen LogP) is 1.79. The fourth-order valence-electron chi connectivity index (χ4n) is 0.316. The molecule has 0 fully saturated rings. The molecular formula is C8H14O3. The molecule has 3 heteroatoms. The van der Waals surface area contributed by atoms with Crippen LogP contribution in [0, 0.1) is 0 Å². The van der Waals surface area contributed by atoms with E-state index in [0.29, 0.717) is 0 Å². The highest BCUT2D eigenvalue weighted by molar-refractivity contribution is 5.85. The zero-order chi connectivity index (χ0) is 9.07. The van der Waals surface area contributed by atoms with Crippen molar-refractivity contribution in [3.63, 3.8) is 0 Å². The van der Waals surface area contributed by atoms with Crippen LogP contribution in [-0.4, -0.2) is 16.7 Å². The van der Waals surface area contributed by atoms with Crippen LogP contribution in [0.5, 0.6) is 0 Å². The lowest BCUT2D eigenvalue weighted by atomic mass is 10.2. The monoisotopic (exact) mass is 158 g/mol. The van der Waals surface area contributed by atoms with Crippen LogP contribution in [0.3, 0.4) is 0 Å². The summed E-state index contributed by atoms with van der Waals surface area (Å²) in [5.74, 6) is -0.950. The lowest BCUT2D eigenvalue weighted by Crippen LogP contribution is -2.16. The van der Waals surface area contributed by atoms with Crippen molar-refractivity contribution in [1.29, 1.82) is 0 Å². The van der Waals surface area contributed by atoms with E-state index in [1.807, 2.05) is 20.8 Å². The van der Waals surface area contributed by atoms with E-state index in [0.717, 1.165) is 0 Å². The van der Waals surface area contributed by atoms with Crippen molar-refractivity contribution < 1.29 is 14.6 Å². The summed E-state index contributed by atoms with van der Waals surface area (Å²) in [5, 5.41) is 8.43. The molecule has 0 unspecified atom stereocenters. The predicted molar refractivity (Wildman–Crippen MR) is 42.2 cm³/mol. The molecule has 0 rings (SSSR count). The molecule has 0 saturated heterocycles. The Morgan fingerprint density at radius 3 is 2.18 bits per heavy atom. The number of hydrogen-bond donors (Lipinski definition) is 1. The Labute approximate surface area is 66.7 Å². The number of aliphatic carboxylic acids is 1. The third-order valence-electron chi connectivity index (χ3n) is 0.927. The average molecular weight is 158 g/mol. The van der Waals surface area contributed by atoms with E-state index >= 15 is 0 Å². The first-order valence-corrected chi connectivity index (χ1v) is 3.41. The van der Waals surface area contributed by atoms with Crippen LogP contribution >= 0.6 is 0 Å². The van der Waals surface area contributed by atoms with E-state index in [4.69, 9.17) is 9.84 Å². The normalized spacial score (nSPS) is 12.9. The molecule has 11 heavy (non-hydrogen) atoms. The van der Waals surface area contributed by atoms with Gasteiger partial charge in [-0.15, -0.1) is 0 Å². The van der Waals surface area contributed by atoms with Gasteiger partial charge in [0.05, 0.1) is 17.4 Å². The largest absolute Gasteiger partial charge is 0.495 e.